The molecule has 3 rings (SSSR count). The maximum absolute atomic E-state index is 11.3. The monoisotopic (exact) mass is 582 g/mol. The van der Waals surface area contributed by atoms with Crippen LogP contribution in [-0.2, 0) is 12.8 Å². The molecule has 0 aliphatic heterocycles. The van der Waals surface area contributed by atoms with Gasteiger partial charge in [-0.2, -0.15) is 0 Å². The molecule has 0 amide bonds. The lowest BCUT2D eigenvalue weighted by Crippen LogP contribution is -2.14. The second-order valence-corrected chi connectivity index (χ2v) is 13.4. The average Bonchev–Trinajstić information content (AvgIpc) is 3.03. The van der Waals surface area contributed by atoms with Gasteiger partial charge < -0.3 is 5.11 Å². The van der Waals surface area contributed by atoms with Crippen LogP contribution >= 0.6 is 0 Å². The SMILES string of the molecule is CCCCCCCCc1ccccc1C(C)C(C)c1cccc(O)c1C(C)C(C)c1ccccc1CCCCCCCC. The van der Waals surface area contributed by atoms with Crippen molar-refractivity contribution in [1.82, 2.24) is 0 Å². The molecule has 0 fully saturated rings. The minimum Gasteiger partial charge on any atom is -0.508 e. The van der Waals surface area contributed by atoms with Crippen LogP contribution in [-0.4, -0.2) is 5.11 Å². The van der Waals surface area contributed by atoms with Crippen LogP contribution < -0.4 is 0 Å². The highest BCUT2D eigenvalue weighted by Crippen LogP contribution is 2.45. The summed E-state index contributed by atoms with van der Waals surface area (Å²) in [4.78, 5) is 0. The van der Waals surface area contributed by atoms with Gasteiger partial charge in [-0.3, -0.25) is 0 Å². The molecule has 1 N–H and O–H groups in total. The van der Waals surface area contributed by atoms with Crippen molar-refractivity contribution in [1.29, 1.82) is 0 Å². The first kappa shape index (κ1) is 34.9. The molecule has 0 saturated carbocycles. The number of rotatable bonds is 20. The Hall–Kier alpha value is -2.54. The van der Waals surface area contributed by atoms with Gasteiger partial charge in [-0.25, -0.2) is 0 Å². The fourth-order valence-corrected chi connectivity index (χ4v) is 7.13. The predicted octanol–water partition coefficient (Wildman–Crippen LogP) is 13.0. The minimum absolute atomic E-state index is 0.218. The second kappa shape index (κ2) is 19.0. The first-order chi connectivity index (χ1) is 20.9. The van der Waals surface area contributed by atoms with Gasteiger partial charge in [0, 0.05) is 5.56 Å². The molecular formula is C42H62O. The van der Waals surface area contributed by atoms with Gasteiger partial charge in [-0.1, -0.05) is 166 Å². The molecule has 0 bridgehead atoms. The summed E-state index contributed by atoms with van der Waals surface area (Å²) in [5.74, 6) is 1.67. The molecule has 236 valence electrons. The van der Waals surface area contributed by atoms with E-state index in [9.17, 15) is 5.11 Å². The molecular weight excluding hydrogens is 520 g/mol. The van der Waals surface area contributed by atoms with Crippen molar-refractivity contribution in [3.05, 3.63) is 100 Å². The summed E-state index contributed by atoms with van der Waals surface area (Å²) < 4.78 is 0. The van der Waals surface area contributed by atoms with Crippen LogP contribution in [0, 0.1) is 0 Å². The number of unbranched alkanes of at least 4 members (excludes halogenated alkanes) is 10. The van der Waals surface area contributed by atoms with Crippen molar-refractivity contribution in [2.75, 3.05) is 0 Å². The fraction of sp³-hybridized carbons (Fsp3) is 0.571. The Morgan fingerprint density at radius 2 is 0.837 bits per heavy atom. The number of aromatic hydroxyl groups is 1. The topological polar surface area (TPSA) is 20.2 Å². The van der Waals surface area contributed by atoms with E-state index in [4.69, 9.17) is 0 Å². The van der Waals surface area contributed by atoms with Gasteiger partial charge in [0.05, 0.1) is 0 Å². The Labute approximate surface area is 265 Å². The van der Waals surface area contributed by atoms with Crippen molar-refractivity contribution >= 4 is 0 Å². The molecule has 3 aromatic rings. The van der Waals surface area contributed by atoms with Crippen molar-refractivity contribution < 1.29 is 5.11 Å². The van der Waals surface area contributed by atoms with Crippen LogP contribution in [0.3, 0.4) is 0 Å². The van der Waals surface area contributed by atoms with E-state index < -0.39 is 0 Å². The summed E-state index contributed by atoms with van der Waals surface area (Å²) in [6.45, 7) is 14.0. The molecule has 4 unspecified atom stereocenters. The first-order valence-corrected chi connectivity index (χ1v) is 17.9. The lowest BCUT2D eigenvalue weighted by atomic mass is 9.74. The van der Waals surface area contributed by atoms with E-state index in [1.165, 1.54) is 105 Å². The minimum atomic E-state index is 0.218. The second-order valence-electron chi connectivity index (χ2n) is 13.4. The molecule has 0 saturated heterocycles. The Balaban J connectivity index is 1.78. The normalized spacial score (nSPS) is 14.4. The molecule has 43 heavy (non-hydrogen) atoms. The molecule has 1 nitrogen and oxygen atoms in total. The number of aryl methyl sites for hydroxylation is 2. The van der Waals surface area contributed by atoms with Crippen LogP contribution in [0.5, 0.6) is 5.75 Å². The number of benzene rings is 3. The van der Waals surface area contributed by atoms with Crippen LogP contribution in [0.1, 0.15) is 176 Å². The third-order valence-corrected chi connectivity index (χ3v) is 10.3. The largest absolute Gasteiger partial charge is 0.508 e. The van der Waals surface area contributed by atoms with Crippen LogP contribution in [0.4, 0.5) is 0 Å². The third-order valence-electron chi connectivity index (χ3n) is 10.3. The summed E-state index contributed by atoms with van der Waals surface area (Å²) in [5, 5.41) is 11.3. The predicted molar refractivity (Wildman–Crippen MR) is 189 cm³/mol. The summed E-state index contributed by atoms with van der Waals surface area (Å²) in [7, 11) is 0. The molecule has 0 aromatic heterocycles. The first-order valence-electron chi connectivity index (χ1n) is 17.9. The van der Waals surface area contributed by atoms with Crippen LogP contribution in [0.25, 0.3) is 0 Å². The van der Waals surface area contributed by atoms with Crippen molar-refractivity contribution in [3.8, 4) is 5.75 Å². The number of hydrogen-bond donors (Lipinski definition) is 1. The number of hydrogen-bond acceptors (Lipinski definition) is 1. The molecule has 0 heterocycles. The van der Waals surface area contributed by atoms with Crippen LogP contribution in [0.15, 0.2) is 66.7 Å². The Morgan fingerprint density at radius 3 is 1.35 bits per heavy atom. The fourth-order valence-electron chi connectivity index (χ4n) is 7.13. The smallest absolute Gasteiger partial charge is 0.119 e. The zero-order chi connectivity index (χ0) is 31.0. The van der Waals surface area contributed by atoms with Gasteiger partial charge in [-0.05, 0) is 83.2 Å². The maximum atomic E-state index is 11.3. The van der Waals surface area contributed by atoms with Crippen molar-refractivity contribution in [2.45, 2.75) is 155 Å². The zero-order valence-electron chi connectivity index (χ0n) is 28.5. The Bertz CT molecular complexity index is 1190. The lowest BCUT2D eigenvalue weighted by Gasteiger charge is -2.30. The van der Waals surface area contributed by atoms with E-state index in [0.29, 0.717) is 23.5 Å². The van der Waals surface area contributed by atoms with E-state index in [-0.39, 0.29) is 5.92 Å². The van der Waals surface area contributed by atoms with Crippen molar-refractivity contribution in [2.24, 2.45) is 0 Å². The molecule has 3 aromatic carbocycles. The van der Waals surface area contributed by atoms with Crippen LogP contribution in [0.2, 0.25) is 0 Å². The number of phenols is 1. The molecule has 1 heteroatoms. The van der Waals surface area contributed by atoms with Gasteiger partial charge >= 0.3 is 0 Å². The molecule has 0 radical (unpaired) electrons. The van der Waals surface area contributed by atoms with E-state index >= 15 is 0 Å². The Kier molecular flexibility index (Phi) is 15.4. The highest BCUT2D eigenvalue weighted by molar-refractivity contribution is 5.47. The van der Waals surface area contributed by atoms with Gasteiger partial charge in [0.1, 0.15) is 5.75 Å². The summed E-state index contributed by atoms with van der Waals surface area (Å²) in [6, 6.07) is 24.4. The third kappa shape index (κ3) is 10.3. The lowest BCUT2D eigenvalue weighted by molar-refractivity contribution is 0.451. The Morgan fingerprint density at radius 1 is 0.442 bits per heavy atom. The van der Waals surface area contributed by atoms with E-state index in [1.807, 2.05) is 12.1 Å². The van der Waals surface area contributed by atoms with Gasteiger partial charge in [0.2, 0.25) is 0 Å². The van der Waals surface area contributed by atoms with Gasteiger partial charge in [0.15, 0.2) is 0 Å². The molecule has 0 spiro atoms. The average molecular weight is 583 g/mol. The summed E-state index contributed by atoms with van der Waals surface area (Å²) in [5.41, 5.74) is 8.35. The molecule has 0 aliphatic carbocycles. The molecule has 0 aliphatic rings. The summed E-state index contributed by atoms with van der Waals surface area (Å²) >= 11 is 0. The number of phenolic OH excluding ortho intramolecular Hbond substituents is 1. The summed E-state index contributed by atoms with van der Waals surface area (Å²) in [6.07, 6.45) is 18.2. The highest BCUT2D eigenvalue weighted by atomic mass is 16.3. The van der Waals surface area contributed by atoms with Crippen molar-refractivity contribution in [3.63, 3.8) is 0 Å². The molecule has 4 atom stereocenters. The van der Waals surface area contributed by atoms with E-state index in [2.05, 4.69) is 96.1 Å². The maximum Gasteiger partial charge on any atom is 0.119 e. The zero-order valence-corrected chi connectivity index (χ0v) is 28.5. The van der Waals surface area contributed by atoms with E-state index in [1.54, 1.807) is 0 Å². The quantitative estimate of drug-likeness (QED) is 0.131. The highest BCUT2D eigenvalue weighted by Gasteiger charge is 2.28. The van der Waals surface area contributed by atoms with Gasteiger partial charge in [0.25, 0.3) is 0 Å². The van der Waals surface area contributed by atoms with E-state index in [0.717, 1.165) is 18.4 Å². The standard InChI is InChI=1S/C42H62O/c1-7-9-11-13-15-17-24-36-26-19-21-28-38(36)32(3)33(4)40-30-23-31-41(43)42(40)35(6)34(5)39-29-22-20-27-37(39)25-18-16-14-12-10-8-2/h19-23,26-35,43H,7-18,24-25H2,1-6H3. The van der Waals surface area contributed by atoms with Gasteiger partial charge in [-0.15, -0.1) is 0 Å².